The molecule has 0 saturated heterocycles. The van der Waals surface area contributed by atoms with Gasteiger partial charge >= 0.3 is 0 Å². The van der Waals surface area contributed by atoms with Gasteiger partial charge in [0, 0.05) is 19.7 Å². The number of rotatable bonds is 7. The monoisotopic (exact) mass is 387 g/mol. The second-order valence-electron chi connectivity index (χ2n) is 5.15. The molecule has 1 heterocycles. The number of nitrogens with one attached hydrogen (secondary N) is 1. The molecule has 0 spiro atoms. The Morgan fingerprint density at radius 3 is 2.40 bits per heavy atom. The van der Waals surface area contributed by atoms with Crippen molar-refractivity contribution in [3.8, 4) is 11.6 Å². The van der Waals surface area contributed by atoms with E-state index in [-0.39, 0.29) is 43.2 Å². The van der Waals surface area contributed by atoms with Crippen LogP contribution in [0.15, 0.2) is 42.6 Å². The van der Waals surface area contributed by atoms with Crippen molar-refractivity contribution in [1.29, 1.82) is 0 Å². The number of halogens is 2. The first-order valence-corrected chi connectivity index (χ1v) is 7.34. The number of anilines is 1. The van der Waals surface area contributed by atoms with E-state index in [2.05, 4.69) is 10.3 Å². The average molecular weight is 388 g/mol. The number of aryl methyl sites for hydroxylation is 1. The first kappa shape index (κ1) is 23.1. The van der Waals surface area contributed by atoms with Gasteiger partial charge in [0.1, 0.15) is 5.75 Å². The molecule has 6 nitrogen and oxygen atoms in total. The molecule has 1 atom stereocenters. The number of hydrogen-bond donors (Lipinski definition) is 2. The number of hydrogen-bond acceptors (Lipinski definition) is 5. The number of nitrogens with two attached hydrogens (primary N) is 1. The highest BCUT2D eigenvalue weighted by Gasteiger charge is 2.11. The molecule has 2 rings (SSSR count). The average Bonchev–Trinajstić information content (AvgIpc) is 2.56. The molecule has 138 valence electrons. The topological polar surface area (TPSA) is 86.5 Å². The van der Waals surface area contributed by atoms with Crippen LogP contribution in [0, 0.1) is 6.92 Å². The SMILES string of the molecule is COC(CN)CC(=O)Nc1ccc(Oc2ccc(C)cc2)nc1.Cl.Cl. The summed E-state index contributed by atoms with van der Waals surface area (Å²) in [7, 11) is 1.53. The van der Waals surface area contributed by atoms with E-state index in [1.54, 1.807) is 18.3 Å². The minimum absolute atomic E-state index is 0. The lowest BCUT2D eigenvalue weighted by Crippen LogP contribution is -2.28. The summed E-state index contributed by atoms with van der Waals surface area (Å²) in [6.45, 7) is 2.31. The molecule has 2 aromatic rings. The van der Waals surface area contributed by atoms with E-state index in [0.29, 0.717) is 23.9 Å². The predicted octanol–water partition coefficient (Wildman–Crippen LogP) is 3.33. The van der Waals surface area contributed by atoms with E-state index in [0.717, 1.165) is 5.56 Å². The summed E-state index contributed by atoms with van der Waals surface area (Å²) in [5.41, 5.74) is 7.25. The first-order valence-electron chi connectivity index (χ1n) is 7.34. The highest BCUT2D eigenvalue weighted by molar-refractivity contribution is 5.90. The van der Waals surface area contributed by atoms with Crippen molar-refractivity contribution in [2.24, 2.45) is 5.73 Å². The van der Waals surface area contributed by atoms with Gasteiger partial charge in [-0.1, -0.05) is 17.7 Å². The third-order valence-electron chi connectivity index (χ3n) is 3.27. The van der Waals surface area contributed by atoms with Crippen molar-refractivity contribution in [2.45, 2.75) is 19.4 Å². The van der Waals surface area contributed by atoms with Crippen molar-refractivity contribution < 1.29 is 14.3 Å². The van der Waals surface area contributed by atoms with E-state index in [1.807, 2.05) is 31.2 Å². The molecular formula is C17H23Cl2N3O3. The molecule has 0 aliphatic heterocycles. The van der Waals surface area contributed by atoms with Crippen LogP contribution in [0.4, 0.5) is 5.69 Å². The second-order valence-corrected chi connectivity index (χ2v) is 5.15. The van der Waals surface area contributed by atoms with Crippen LogP contribution in [0.3, 0.4) is 0 Å². The third kappa shape index (κ3) is 7.70. The summed E-state index contributed by atoms with van der Waals surface area (Å²) in [5, 5.41) is 2.75. The Morgan fingerprint density at radius 1 is 1.20 bits per heavy atom. The molecule has 0 aliphatic carbocycles. The molecule has 1 unspecified atom stereocenters. The standard InChI is InChI=1S/C17H21N3O3.2ClH/c1-12-3-6-14(7-4-12)23-17-8-5-13(11-19-17)20-16(21)9-15(10-18)22-2;;/h3-8,11,15H,9-10,18H2,1-2H3,(H,20,21);2*1H. The quantitative estimate of drug-likeness (QED) is 0.760. The zero-order valence-electron chi connectivity index (χ0n) is 14.1. The minimum atomic E-state index is -0.285. The van der Waals surface area contributed by atoms with Crippen molar-refractivity contribution in [1.82, 2.24) is 4.98 Å². The van der Waals surface area contributed by atoms with Crippen molar-refractivity contribution in [3.63, 3.8) is 0 Å². The summed E-state index contributed by atoms with van der Waals surface area (Å²) in [4.78, 5) is 16.0. The largest absolute Gasteiger partial charge is 0.439 e. The number of aromatic nitrogens is 1. The lowest BCUT2D eigenvalue weighted by Gasteiger charge is -2.12. The summed E-state index contributed by atoms with van der Waals surface area (Å²) < 4.78 is 10.7. The molecule has 3 N–H and O–H groups in total. The van der Waals surface area contributed by atoms with E-state index >= 15 is 0 Å². The van der Waals surface area contributed by atoms with Crippen LogP contribution in [0.1, 0.15) is 12.0 Å². The summed E-state index contributed by atoms with van der Waals surface area (Å²) in [6.07, 6.45) is 1.47. The predicted molar refractivity (Wildman–Crippen MR) is 103 cm³/mol. The Morgan fingerprint density at radius 2 is 1.88 bits per heavy atom. The number of carbonyl (C=O) groups is 1. The molecule has 25 heavy (non-hydrogen) atoms. The maximum atomic E-state index is 11.8. The second kappa shape index (κ2) is 11.7. The Balaban J connectivity index is 0.00000288. The van der Waals surface area contributed by atoms with Crippen LogP contribution < -0.4 is 15.8 Å². The zero-order chi connectivity index (χ0) is 16.7. The van der Waals surface area contributed by atoms with E-state index < -0.39 is 0 Å². The van der Waals surface area contributed by atoms with E-state index in [9.17, 15) is 4.79 Å². The smallest absolute Gasteiger partial charge is 0.227 e. The van der Waals surface area contributed by atoms with E-state index in [1.165, 1.54) is 7.11 Å². The summed E-state index contributed by atoms with van der Waals surface area (Å²) in [5.74, 6) is 1.01. The van der Waals surface area contributed by atoms with Crippen molar-refractivity contribution >= 4 is 36.4 Å². The van der Waals surface area contributed by atoms with Gasteiger partial charge in [-0.2, -0.15) is 0 Å². The minimum Gasteiger partial charge on any atom is -0.439 e. The number of methoxy groups -OCH3 is 1. The number of carbonyl (C=O) groups excluding carboxylic acids is 1. The summed E-state index contributed by atoms with van der Waals surface area (Å²) >= 11 is 0. The Labute approximate surface area is 159 Å². The molecule has 0 bridgehead atoms. The normalized spacial score (nSPS) is 10.8. The van der Waals surface area contributed by atoms with Gasteiger partial charge in [-0.25, -0.2) is 4.98 Å². The van der Waals surface area contributed by atoms with Crippen LogP contribution in [0.5, 0.6) is 11.6 Å². The molecule has 8 heteroatoms. The number of ether oxygens (including phenoxy) is 2. The lowest BCUT2D eigenvalue weighted by molar-refractivity contribution is -0.118. The van der Waals surface area contributed by atoms with Gasteiger partial charge in [0.05, 0.1) is 24.4 Å². The van der Waals surface area contributed by atoms with Gasteiger partial charge in [0.15, 0.2) is 0 Å². The van der Waals surface area contributed by atoms with Gasteiger partial charge in [-0.15, -0.1) is 24.8 Å². The van der Waals surface area contributed by atoms with Crippen LogP contribution in [-0.4, -0.2) is 30.6 Å². The fraction of sp³-hybridized carbons (Fsp3) is 0.294. The molecule has 1 aromatic carbocycles. The zero-order valence-corrected chi connectivity index (χ0v) is 15.7. The maximum Gasteiger partial charge on any atom is 0.227 e. The number of amides is 1. The highest BCUT2D eigenvalue weighted by atomic mass is 35.5. The van der Waals surface area contributed by atoms with Crippen molar-refractivity contribution in [3.05, 3.63) is 48.2 Å². The summed E-state index contributed by atoms with van der Waals surface area (Å²) in [6, 6.07) is 11.1. The lowest BCUT2D eigenvalue weighted by atomic mass is 10.2. The number of nitrogens with zero attached hydrogens (tertiary/aromatic N) is 1. The molecular weight excluding hydrogens is 365 g/mol. The molecule has 0 fully saturated rings. The van der Waals surface area contributed by atoms with Crippen molar-refractivity contribution in [2.75, 3.05) is 19.0 Å². The molecule has 0 radical (unpaired) electrons. The van der Waals surface area contributed by atoms with Crippen LogP contribution in [0.2, 0.25) is 0 Å². The van der Waals surface area contributed by atoms with E-state index in [4.69, 9.17) is 15.2 Å². The molecule has 1 amide bonds. The maximum absolute atomic E-state index is 11.8. The van der Waals surface area contributed by atoms with Crippen LogP contribution >= 0.6 is 24.8 Å². The van der Waals surface area contributed by atoms with Gasteiger partial charge in [-0.3, -0.25) is 4.79 Å². The van der Waals surface area contributed by atoms with Gasteiger partial charge < -0.3 is 20.5 Å². The highest BCUT2D eigenvalue weighted by Crippen LogP contribution is 2.20. The number of benzene rings is 1. The van der Waals surface area contributed by atoms with Crippen LogP contribution in [0.25, 0.3) is 0 Å². The molecule has 1 aromatic heterocycles. The first-order chi connectivity index (χ1) is 11.1. The molecule has 0 saturated carbocycles. The fourth-order valence-corrected chi connectivity index (χ4v) is 1.92. The van der Waals surface area contributed by atoms with Gasteiger partial charge in [0.2, 0.25) is 11.8 Å². The Kier molecular flexibility index (Phi) is 10.8. The van der Waals surface area contributed by atoms with Crippen LogP contribution in [-0.2, 0) is 9.53 Å². The Hall–Kier alpha value is -1.86. The number of pyridine rings is 1. The van der Waals surface area contributed by atoms with Gasteiger partial charge in [-0.05, 0) is 25.1 Å². The fourth-order valence-electron chi connectivity index (χ4n) is 1.92. The van der Waals surface area contributed by atoms with Gasteiger partial charge in [0.25, 0.3) is 0 Å². The third-order valence-corrected chi connectivity index (χ3v) is 3.27. The Bertz CT molecular complexity index is 633. The molecule has 0 aliphatic rings.